The van der Waals surface area contributed by atoms with Crippen LogP contribution in [0.2, 0.25) is 5.02 Å². The zero-order valence-corrected chi connectivity index (χ0v) is 12.7. The molecule has 0 aliphatic carbocycles. The average molecular weight is 359 g/mol. The highest BCUT2D eigenvalue weighted by Crippen LogP contribution is 2.22. The quantitative estimate of drug-likeness (QED) is 0.874. The SMILES string of the molecule is CNc1ccc(Cl)c(C(=O)Nc2cc(Br)ccc2F)n1. The standard InChI is InChI=1S/C13H10BrClFN3O/c1-17-11-5-3-8(15)12(19-11)13(20)18-10-6-7(14)2-4-9(10)16/h2-6H,1H3,(H,17,19)(H,18,20). The number of anilines is 2. The first-order valence-electron chi connectivity index (χ1n) is 5.62. The third-order valence-corrected chi connectivity index (χ3v) is 3.29. The van der Waals surface area contributed by atoms with E-state index in [0.29, 0.717) is 10.3 Å². The molecule has 0 atom stereocenters. The summed E-state index contributed by atoms with van der Waals surface area (Å²) in [6.45, 7) is 0. The minimum atomic E-state index is -0.580. The molecular weight excluding hydrogens is 349 g/mol. The number of carbonyl (C=O) groups is 1. The van der Waals surface area contributed by atoms with E-state index < -0.39 is 11.7 Å². The maximum Gasteiger partial charge on any atom is 0.275 e. The summed E-state index contributed by atoms with van der Waals surface area (Å²) < 4.78 is 14.2. The highest BCUT2D eigenvalue weighted by molar-refractivity contribution is 9.10. The maximum atomic E-state index is 13.6. The van der Waals surface area contributed by atoms with Gasteiger partial charge in [0.1, 0.15) is 17.3 Å². The summed E-state index contributed by atoms with van der Waals surface area (Å²) in [6.07, 6.45) is 0. The van der Waals surface area contributed by atoms with E-state index in [-0.39, 0.29) is 16.4 Å². The molecule has 7 heteroatoms. The fraction of sp³-hybridized carbons (Fsp3) is 0.0769. The van der Waals surface area contributed by atoms with Crippen molar-refractivity contribution in [1.29, 1.82) is 0 Å². The van der Waals surface area contributed by atoms with Crippen LogP contribution in [0, 0.1) is 5.82 Å². The minimum absolute atomic E-state index is 0.0258. The maximum absolute atomic E-state index is 13.6. The molecule has 1 amide bonds. The van der Waals surface area contributed by atoms with Crippen LogP contribution in [0.3, 0.4) is 0 Å². The number of nitrogens with one attached hydrogen (secondary N) is 2. The lowest BCUT2D eigenvalue weighted by Gasteiger charge is -2.09. The van der Waals surface area contributed by atoms with Gasteiger partial charge in [0.2, 0.25) is 0 Å². The molecule has 0 unspecified atom stereocenters. The summed E-state index contributed by atoms with van der Waals surface area (Å²) in [5.74, 6) is -0.624. The molecule has 1 aromatic carbocycles. The van der Waals surface area contributed by atoms with Gasteiger partial charge in [0.25, 0.3) is 5.91 Å². The van der Waals surface area contributed by atoms with Crippen LogP contribution < -0.4 is 10.6 Å². The molecular formula is C13H10BrClFN3O. The van der Waals surface area contributed by atoms with E-state index in [0.717, 1.165) is 0 Å². The van der Waals surface area contributed by atoms with Gasteiger partial charge in [-0.2, -0.15) is 0 Å². The van der Waals surface area contributed by atoms with Crippen molar-refractivity contribution in [3.8, 4) is 0 Å². The molecule has 20 heavy (non-hydrogen) atoms. The Morgan fingerprint density at radius 3 is 2.80 bits per heavy atom. The van der Waals surface area contributed by atoms with Gasteiger partial charge < -0.3 is 10.6 Å². The normalized spacial score (nSPS) is 10.2. The number of benzene rings is 1. The second-order valence-corrected chi connectivity index (χ2v) is 5.18. The summed E-state index contributed by atoms with van der Waals surface area (Å²) in [4.78, 5) is 16.1. The Morgan fingerprint density at radius 2 is 2.10 bits per heavy atom. The molecule has 1 heterocycles. The van der Waals surface area contributed by atoms with Crippen molar-refractivity contribution in [3.05, 3.63) is 51.3 Å². The average Bonchev–Trinajstić information content (AvgIpc) is 2.43. The van der Waals surface area contributed by atoms with Crippen molar-refractivity contribution in [1.82, 2.24) is 4.98 Å². The van der Waals surface area contributed by atoms with Gasteiger partial charge in [0.05, 0.1) is 10.7 Å². The van der Waals surface area contributed by atoms with E-state index >= 15 is 0 Å². The fourth-order valence-electron chi connectivity index (χ4n) is 1.52. The molecule has 0 aliphatic heterocycles. The Bertz CT molecular complexity index is 666. The number of hydrogen-bond donors (Lipinski definition) is 2. The third-order valence-electron chi connectivity index (χ3n) is 2.49. The Kier molecular flexibility index (Phi) is 4.57. The third kappa shape index (κ3) is 3.26. The van der Waals surface area contributed by atoms with Crippen molar-refractivity contribution in [2.75, 3.05) is 17.7 Å². The van der Waals surface area contributed by atoms with Gasteiger partial charge in [0, 0.05) is 11.5 Å². The molecule has 2 aromatic rings. The summed E-state index contributed by atoms with van der Waals surface area (Å²) in [6, 6.07) is 7.44. The van der Waals surface area contributed by atoms with Crippen molar-refractivity contribution in [2.45, 2.75) is 0 Å². The predicted octanol–water partition coefficient (Wildman–Crippen LogP) is 3.93. The summed E-state index contributed by atoms with van der Waals surface area (Å²) in [7, 11) is 1.67. The van der Waals surface area contributed by atoms with Gasteiger partial charge in [-0.25, -0.2) is 9.37 Å². The molecule has 0 radical (unpaired) electrons. The van der Waals surface area contributed by atoms with Crippen LogP contribution in [0.4, 0.5) is 15.9 Å². The van der Waals surface area contributed by atoms with Gasteiger partial charge in [0.15, 0.2) is 0 Å². The van der Waals surface area contributed by atoms with E-state index in [1.54, 1.807) is 19.2 Å². The summed E-state index contributed by atoms with van der Waals surface area (Å²) in [5.41, 5.74) is 0.0787. The van der Waals surface area contributed by atoms with Crippen LogP contribution in [-0.2, 0) is 0 Å². The fourth-order valence-corrected chi connectivity index (χ4v) is 2.07. The number of aromatic nitrogens is 1. The van der Waals surface area contributed by atoms with Crippen molar-refractivity contribution >= 4 is 44.9 Å². The van der Waals surface area contributed by atoms with Crippen molar-refractivity contribution in [2.24, 2.45) is 0 Å². The zero-order valence-electron chi connectivity index (χ0n) is 10.4. The molecule has 2 rings (SSSR count). The van der Waals surface area contributed by atoms with Crippen LogP contribution in [0.25, 0.3) is 0 Å². The second-order valence-electron chi connectivity index (χ2n) is 3.86. The molecule has 0 saturated carbocycles. The van der Waals surface area contributed by atoms with E-state index in [1.807, 2.05) is 0 Å². The lowest BCUT2D eigenvalue weighted by Crippen LogP contribution is -2.16. The molecule has 0 aliphatic rings. The van der Waals surface area contributed by atoms with Crippen molar-refractivity contribution < 1.29 is 9.18 Å². The van der Waals surface area contributed by atoms with E-state index in [4.69, 9.17) is 11.6 Å². The van der Waals surface area contributed by atoms with Gasteiger partial charge in [-0.05, 0) is 30.3 Å². The minimum Gasteiger partial charge on any atom is -0.373 e. The molecule has 1 aromatic heterocycles. The van der Waals surface area contributed by atoms with Gasteiger partial charge in [-0.3, -0.25) is 4.79 Å². The smallest absolute Gasteiger partial charge is 0.275 e. The number of hydrogen-bond acceptors (Lipinski definition) is 3. The van der Waals surface area contributed by atoms with Crippen molar-refractivity contribution in [3.63, 3.8) is 0 Å². The largest absolute Gasteiger partial charge is 0.373 e. The second kappa shape index (κ2) is 6.19. The number of nitrogens with zero attached hydrogens (tertiary/aromatic N) is 1. The van der Waals surface area contributed by atoms with Gasteiger partial charge in [-0.1, -0.05) is 27.5 Å². The Balaban J connectivity index is 2.30. The molecule has 0 bridgehead atoms. The molecule has 0 spiro atoms. The number of rotatable bonds is 3. The lowest BCUT2D eigenvalue weighted by molar-refractivity contribution is 0.102. The first-order valence-corrected chi connectivity index (χ1v) is 6.79. The van der Waals surface area contributed by atoms with Crippen LogP contribution >= 0.6 is 27.5 Å². The lowest BCUT2D eigenvalue weighted by atomic mass is 10.2. The summed E-state index contributed by atoms with van der Waals surface area (Å²) in [5, 5.41) is 5.43. The molecule has 104 valence electrons. The Labute approximate surface area is 128 Å². The Hall–Kier alpha value is -1.66. The number of amides is 1. The topological polar surface area (TPSA) is 54.0 Å². The van der Waals surface area contributed by atoms with Crippen LogP contribution in [0.1, 0.15) is 10.5 Å². The molecule has 0 fully saturated rings. The van der Waals surface area contributed by atoms with Crippen LogP contribution in [0.5, 0.6) is 0 Å². The Morgan fingerprint density at radius 1 is 1.35 bits per heavy atom. The first-order chi connectivity index (χ1) is 9.51. The predicted molar refractivity (Wildman–Crippen MR) is 80.8 cm³/mol. The molecule has 0 saturated heterocycles. The van der Waals surface area contributed by atoms with E-state index in [9.17, 15) is 9.18 Å². The first kappa shape index (κ1) is 14.7. The van der Waals surface area contributed by atoms with Crippen LogP contribution in [-0.4, -0.2) is 17.9 Å². The van der Waals surface area contributed by atoms with Crippen LogP contribution in [0.15, 0.2) is 34.8 Å². The zero-order chi connectivity index (χ0) is 14.7. The molecule has 4 nitrogen and oxygen atoms in total. The number of halogens is 3. The highest BCUT2D eigenvalue weighted by Gasteiger charge is 2.15. The number of carbonyl (C=O) groups excluding carboxylic acids is 1. The van der Waals surface area contributed by atoms with E-state index in [2.05, 4.69) is 31.5 Å². The number of pyridine rings is 1. The monoisotopic (exact) mass is 357 g/mol. The van der Waals surface area contributed by atoms with Gasteiger partial charge in [-0.15, -0.1) is 0 Å². The highest BCUT2D eigenvalue weighted by atomic mass is 79.9. The summed E-state index contributed by atoms with van der Waals surface area (Å²) >= 11 is 9.14. The molecule has 2 N–H and O–H groups in total. The van der Waals surface area contributed by atoms with E-state index in [1.165, 1.54) is 18.2 Å². The van der Waals surface area contributed by atoms with Gasteiger partial charge >= 0.3 is 0 Å².